The van der Waals surface area contributed by atoms with Crippen molar-refractivity contribution in [1.82, 2.24) is 10.3 Å². The maximum atomic E-state index is 5.22. The molecule has 2 rings (SSSR count). The zero-order chi connectivity index (χ0) is 14.5. The first-order chi connectivity index (χ1) is 9.60. The average Bonchev–Trinajstić information content (AvgIpc) is 2.83. The number of methoxy groups -OCH3 is 1. The Kier molecular flexibility index (Phi) is 5.29. The highest BCUT2D eigenvalue weighted by molar-refractivity contribution is 7.09. The number of benzene rings is 1. The number of hydrogen-bond donors (Lipinski definition) is 1. The maximum absolute atomic E-state index is 5.22. The molecule has 1 N–H and O–H groups in total. The zero-order valence-corrected chi connectivity index (χ0v) is 13.3. The summed E-state index contributed by atoms with van der Waals surface area (Å²) < 4.78 is 5.22. The Labute approximate surface area is 125 Å². The number of aryl methyl sites for hydroxylation is 1. The number of nitrogens with one attached hydrogen (secondary N) is 1. The predicted octanol–water partition coefficient (Wildman–Crippen LogP) is 3.69. The largest absolute Gasteiger partial charge is 0.380 e. The van der Waals surface area contributed by atoms with Crippen molar-refractivity contribution in [2.24, 2.45) is 0 Å². The van der Waals surface area contributed by atoms with Gasteiger partial charge in [0.25, 0.3) is 0 Å². The van der Waals surface area contributed by atoms with Crippen LogP contribution in [0.5, 0.6) is 0 Å². The fourth-order valence-electron chi connectivity index (χ4n) is 2.18. The lowest BCUT2D eigenvalue weighted by Crippen LogP contribution is -2.29. The van der Waals surface area contributed by atoms with E-state index in [2.05, 4.69) is 53.8 Å². The summed E-state index contributed by atoms with van der Waals surface area (Å²) in [5.74, 6) is 0. The molecule has 0 saturated carbocycles. The highest BCUT2D eigenvalue weighted by Gasteiger charge is 2.18. The van der Waals surface area contributed by atoms with Crippen molar-refractivity contribution in [3.8, 4) is 0 Å². The molecule has 0 saturated heterocycles. The van der Waals surface area contributed by atoms with Crippen LogP contribution in [0.15, 0.2) is 29.6 Å². The lowest BCUT2D eigenvalue weighted by molar-refractivity contribution is 0.185. The summed E-state index contributed by atoms with van der Waals surface area (Å²) in [7, 11) is 1.72. The van der Waals surface area contributed by atoms with Crippen LogP contribution >= 0.6 is 11.3 Å². The van der Waals surface area contributed by atoms with Gasteiger partial charge in [-0.05, 0) is 31.9 Å². The Hall–Kier alpha value is -1.23. The van der Waals surface area contributed by atoms with Gasteiger partial charge in [-0.1, -0.05) is 24.3 Å². The van der Waals surface area contributed by atoms with Gasteiger partial charge < -0.3 is 10.1 Å². The van der Waals surface area contributed by atoms with Gasteiger partial charge in [-0.2, -0.15) is 0 Å². The normalized spacial score (nSPS) is 12.8. The molecule has 20 heavy (non-hydrogen) atoms. The molecule has 2 aromatic rings. The average molecular weight is 290 g/mol. The van der Waals surface area contributed by atoms with E-state index >= 15 is 0 Å². The lowest BCUT2D eigenvalue weighted by atomic mass is 10.0. The van der Waals surface area contributed by atoms with Crippen LogP contribution in [0.1, 0.15) is 41.7 Å². The molecule has 0 spiro atoms. The number of nitrogens with zero attached hydrogens (tertiary/aromatic N) is 1. The number of thiazole rings is 1. The van der Waals surface area contributed by atoms with Crippen LogP contribution in [0.2, 0.25) is 0 Å². The first-order valence-corrected chi connectivity index (χ1v) is 7.74. The molecule has 1 unspecified atom stereocenters. The van der Waals surface area contributed by atoms with Crippen molar-refractivity contribution in [1.29, 1.82) is 0 Å². The Balaban J connectivity index is 2.33. The monoisotopic (exact) mass is 290 g/mol. The van der Waals surface area contributed by atoms with Crippen LogP contribution in [0.4, 0.5) is 0 Å². The van der Waals surface area contributed by atoms with Gasteiger partial charge in [-0.25, -0.2) is 4.98 Å². The summed E-state index contributed by atoms with van der Waals surface area (Å²) in [6.45, 7) is 6.99. The Bertz CT molecular complexity index is 551. The van der Waals surface area contributed by atoms with Crippen molar-refractivity contribution in [3.05, 3.63) is 51.5 Å². The molecule has 0 aliphatic heterocycles. The third kappa shape index (κ3) is 3.88. The summed E-state index contributed by atoms with van der Waals surface area (Å²) in [6.07, 6.45) is 0. The fraction of sp³-hybridized carbons (Fsp3) is 0.438. The summed E-state index contributed by atoms with van der Waals surface area (Å²) in [6, 6.07) is 9.06. The quantitative estimate of drug-likeness (QED) is 0.881. The first-order valence-electron chi connectivity index (χ1n) is 6.86. The molecule has 1 aromatic carbocycles. The van der Waals surface area contributed by atoms with E-state index in [0.29, 0.717) is 12.6 Å². The summed E-state index contributed by atoms with van der Waals surface area (Å²) in [5.41, 5.74) is 3.50. The summed E-state index contributed by atoms with van der Waals surface area (Å²) in [5, 5.41) is 6.82. The van der Waals surface area contributed by atoms with E-state index in [1.54, 1.807) is 18.4 Å². The fourth-order valence-corrected chi connectivity index (χ4v) is 3.06. The highest BCUT2D eigenvalue weighted by atomic mass is 32.1. The van der Waals surface area contributed by atoms with Crippen LogP contribution in [0.25, 0.3) is 0 Å². The van der Waals surface area contributed by atoms with Gasteiger partial charge in [0.2, 0.25) is 0 Å². The highest BCUT2D eigenvalue weighted by Crippen LogP contribution is 2.26. The van der Waals surface area contributed by atoms with Gasteiger partial charge in [-0.3, -0.25) is 0 Å². The molecule has 0 bridgehead atoms. The van der Waals surface area contributed by atoms with E-state index in [9.17, 15) is 0 Å². The van der Waals surface area contributed by atoms with Crippen molar-refractivity contribution >= 4 is 11.3 Å². The minimum absolute atomic E-state index is 0.144. The lowest BCUT2D eigenvalue weighted by Gasteiger charge is -2.20. The molecular weight excluding hydrogens is 268 g/mol. The van der Waals surface area contributed by atoms with E-state index in [4.69, 9.17) is 4.74 Å². The molecule has 1 heterocycles. The van der Waals surface area contributed by atoms with Crippen molar-refractivity contribution in [3.63, 3.8) is 0 Å². The van der Waals surface area contributed by atoms with Gasteiger partial charge in [0.05, 0.1) is 12.6 Å². The third-order valence-corrected chi connectivity index (χ3v) is 4.01. The third-order valence-electron chi connectivity index (χ3n) is 2.98. The van der Waals surface area contributed by atoms with Gasteiger partial charge in [-0.15, -0.1) is 11.3 Å². The second kappa shape index (κ2) is 6.97. The van der Waals surface area contributed by atoms with Crippen molar-refractivity contribution < 1.29 is 4.74 Å². The topological polar surface area (TPSA) is 34.1 Å². The molecule has 0 aliphatic rings. The molecule has 0 amide bonds. The minimum Gasteiger partial charge on any atom is -0.380 e. The Morgan fingerprint density at radius 1 is 1.35 bits per heavy atom. The molecule has 108 valence electrons. The summed E-state index contributed by atoms with van der Waals surface area (Å²) >= 11 is 1.71. The van der Waals surface area contributed by atoms with Crippen LogP contribution in [0, 0.1) is 6.92 Å². The predicted molar refractivity (Wildman–Crippen MR) is 84.1 cm³/mol. The number of hydrogen-bond acceptors (Lipinski definition) is 4. The molecule has 0 aliphatic carbocycles. The number of ether oxygens (including phenoxy) is 1. The van der Waals surface area contributed by atoms with Crippen molar-refractivity contribution in [2.75, 3.05) is 7.11 Å². The SMILES string of the molecule is COCc1cccc(C(NC(C)C)c2nc(C)cs2)c1. The Morgan fingerprint density at radius 2 is 2.15 bits per heavy atom. The van der Waals surface area contributed by atoms with Gasteiger partial charge >= 0.3 is 0 Å². The molecule has 0 radical (unpaired) electrons. The Morgan fingerprint density at radius 3 is 2.75 bits per heavy atom. The molecule has 4 heteroatoms. The molecule has 3 nitrogen and oxygen atoms in total. The maximum Gasteiger partial charge on any atom is 0.114 e. The minimum atomic E-state index is 0.144. The van der Waals surface area contributed by atoms with E-state index in [1.165, 1.54) is 11.1 Å². The molecular formula is C16H22N2OS. The van der Waals surface area contributed by atoms with Crippen LogP contribution < -0.4 is 5.32 Å². The second-order valence-electron chi connectivity index (χ2n) is 5.26. The van der Waals surface area contributed by atoms with E-state index in [1.807, 2.05) is 6.92 Å². The van der Waals surface area contributed by atoms with E-state index in [-0.39, 0.29) is 6.04 Å². The van der Waals surface area contributed by atoms with Gasteiger partial charge in [0.1, 0.15) is 5.01 Å². The van der Waals surface area contributed by atoms with E-state index < -0.39 is 0 Å². The zero-order valence-electron chi connectivity index (χ0n) is 12.5. The van der Waals surface area contributed by atoms with Crippen LogP contribution in [-0.4, -0.2) is 18.1 Å². The second-order valence-corrected chi connectivity index (χ2v) is 6.15. The number of rotatable bonds is 6. The van der Waals surface area contributed by atoms with Crippen LogP contribution in [-0.2, 0) is 11.3 Å². The standard InChI is InChI=1S/C16H22N2OS/c1-11(2)17-15(16-18-12(3)10-20-16)14-7-5-6-13(8-14)9-19-4/h5-8,10-11,15,17H,9H2,1-4H3. The molecule has 1 aromatic heterocycles. The first kappa shape index (κ1) is 15.2. The van der Waals surface area contributed by atoms with Gasteiger partial charge in [0, 0.05) is 24.2 Å². The molecule has 0 fully saturated rings. The molecule has 1 atom stereocenters. The smallest absolute Gasteiger partial charge is 0.114 e. The number of aromatic nitrogens is 1. The van der Waals surface area contributed by atoms with E-state index in [0.717, 1.165) is 10.7 Å². The van der Waals surface area contributed by atoms with Gasteiger partial charge in [0.15, 0.2) is 0 Å². The van der Waals surface area contributed by atoms with Crippen molar-refractivity contribution in [2.45, 2.75) is 39.5 Å². The van der Waals surface area contributed by atoms with Crippen LogP contribution in [0.3, 0.4) is 0 Å². The summed E-state index contributed by atoms with van der Waals surface area (Å²) in [4.78, 5) is 4.64.